The minimum Gasteiger partial charge on any atom is -0.315 e. The van der Waals surface area contributed by atoms with Gasteiger partial charge in [-0.3, -0.25) is 4.79 Å². The number of para-hydroxylation sites is 1. The summed E-state index contributed by atoms with van der Waals surface area (Å²) in [4.78, 5) is 14.1. The molecule has 1 heterocycles. The molecule has 1 aromatic carbocycles. The molecule has 0 aliphatic carbocycles. The van der Waals surface area contributed by atoms with Crippen LogP contribution < -0.4 is 4.90 Å². The summed E-state index contributed by atoms with van der Waals surface area (Å²) in [6.45, 7) is 3.77. The number of aryl methyl sites for hydroxylation is 1. The van der Waals surface area contributed by atoms with Gasteiger partial charge in [-0.2, -0.15) is 0 Å². The molecule has 5 nitrogen and oxygen atoms in total. The number of carbonyl (C=O) groups excluding carboxylic acids is 1. The Labute approximate surface area is 123 Å². The van der Waals surface area contributed by atoms with Gasteiger partial charge in [0.15, 0.2) is 5.16 Å². The summed E-state index contributed by atoms with van der Waals surface area (Å²) in [7, 11) is 3.69. The van der Waals surface area contributed by atoms with Crippen LogP contribution in [0.15, 0.2) is 35.5 Å². The Hall–Kier alpha value is -1.82. The average Bonchev–Trinajstić information content (AvgIpc) is 2.78. The second-order valence-electron chi connectivity index (χ2n) is 4.58. The Kier molecular flexibility index (Phi) is 4.44. The van der Waals surface area contributed by atoms with Gasteiger partial charge in [-0.25, -0.2) is 0 Å². The first-order chi connectivity index (χ1) is 9.50. The number of thioether (sulfide) groups is 1. The van der Waals surface area contributed by atoms with Crippen LogP contribution in [-0.2, 0) is 11.8 Å². The van der Waals surface area contributed by atoms with Crippen molar-refractivity contribution >= 4 is 23.4 Å². The lowest BCUT2D eigenvalue weighted by Crippen LogP contribution is -2.33. The molecule has 0 radical (unpaired) electrons. The normalized spacial score (nSPS) is 12.2. The van der Waals surface area contributed by atoms with E-state index in [-0.39, 0.29) is 11.2 Å². The van der Waals surface area contributed by atoms with E-state index in [1.54, 1.807) is 11.9 Å². The van der Waals surface area contributed by atoms with Gasteiger partial charge in [0, 0.05) is 19.8 Å². The van der Waals surface area contributed by atoms with Crippen molar-refractivity contribution in [1.82, 2.24) is 14.8 Å². The van der Waals surface area contributed by atoms with Gasteiger partial charge in [-0.15, -0.1) is 10.2 Å². The van der Waals surface area contributed by atoms with Crippen molar-refractivity contribution in [2.45, 2.75) is 24.3 Å². The van der Waals surface area contributed by atoms with Gasteiger partial charge >= 0.3 is 0 Å². The molecule has 2 aromatic rings. The Morgan fingerprint density at radius 2 is 1.95 bits per heavy atom. The molecule has 0 bridgehead atoms. The van der Waals surface area contributed by atoms with Gasteiger partial charge in [-0.1, -0.05) is 30.0 Å². The minimum absolute atomic E-state index is 0.0434. The van der Waals surface area contributed by atoms with E-state index in [0.717, 1.165) is 16.7 Å². The molecule has 1 amide bonds. The number of carbonyl (C=O) groups is 1. The van der Waals surface area contributed by atoms with Crippen LogP contribution >= 0.6 is 11.8 Å². The monoisotopic (exact) mass is 290 g/mol. The highest BCUT2D eigenvalue weighted by atomic mass is 32.2. The molecule has 0 aliphatic rings. The third-order valence-electron chi connectivity index (χ3n) is 3.16. The van der Waals surface area contributed by atoms with Crippen molar-refractivity contribution in [2.75, 3.05) is 11.9 Å². The molecular weight excluding hydrogens is 272 g/mol. The number of anilines is 1. The summed E-state index contributed by atoms with van der Waals surface area (Å²) in [6, 6.07) is 9.61. The maximum atomic E-state index is 12.4. The van der Waals surface area contributed by atoms with Crippen LogP contribution in [0.1, 0.15) is 12.7 Å². The third-order valence-corrected chi connectivity index (χ3v) is 4.28. The second kappa shape index (κ2) is 6.09. The average molecular weight is 290 g/mol. The number of rotatable bonds is 4. The van der Waals surface area contributed by atoms with Crippen molar-refractivity contribution < 1.29 is 4.79 Å². The van der Waals surface area contributed by atoms with E-state index >= 15 is 0 Å². The first-order valence-electron chi connectivity index (χ1n) is 6.36. The fourth-order valence-electron chi connectivity index (χ4n) is 1.75. The van der Waals surface area contributed by atoms with Crippen LogP contribution in [-0.4, -0.2) is 33.0 Å². The van der Waals surface area contributed by atoms with E-state index in [9.17, 15) is 4.79 Å². The van der Waals surface area contributed by atoms with Crippen LogP contribution in [0.25, 0.3) is 0 Å². The van der Waals surface area contributed by atoms with Gasteiger partial charge in [0.25, 0.3) is 0 Å². The molecule has 1 atom stereocenters. The summed E-state index contributed by atoms with van der Waals surface area (Å²) in [5.41, 5.74) is 0.888. The van der Waals surface area contributed by atoms with Gasteiger partial charge in [0.2, 0.25) is 5.91 Å². The van der Waals surface area contributed by atoms with Gasteiger partial charge < -0.3 is 9.47 Å². The number of amides is 1. The fourth-order valence-corrected chi connectivity index (χ4v) is 2.70. The molecule has 0 spiro atoms. The van der Waals surface area contributed by atoms with Crippen LogP contribution in [0.3, 0.4) is 0 Å². The molecule has 6 heteroatoms. The van der Waals surface area contributed by atoms with E-state index in [1.807, 2.05) is 55.8 Å². The summed E-state index contributed by atoms with van der Waals surface area (Å²) in [5, 5.41) is 8.61. The highest BCUT2D eigenvalue weighted by Crippen LogP contribution is 2.24. The molecule has 1 aromatic heterocycles. The smallest absolute Gasteiger partial charge is 0.240 e. The summed E-state index contributed by atoms with van der Waals surface area (Å²) < 4.78 is 1.89. The van der Waals surface area contributed by atoms with Crippen molar-refractivity contribution in [3.8, 4) is 0 Å². The van der Waals surface area contributed by atoms with Crippen molar-refractivity contribution in [3.05, 3.63) is 36.2 Å². The number of hydrogen-bond acceptors (Lipinski definition) is 4. The predicted octanol–water partition coefficient (Wildman–Crippen LogP) is 2.27. The van der Waals surface area contributed by atoms with Gasteiger partial charge in [-0.05, 0) is 26.0 Å². The Bertz CT molecular complexity index is 596. The quantitative estimate of drug-likeness (QED) is 0.811. The third kappa shape index (κ3) is 3.01. The molecule has 0 saturated carbocycles. The molecule has 0 unspecified atom stereocenters. The first-order valence-corrected chi connectivity index (χ1v) is 7.24. The lowest BCUT2D eigenvalue weighted by molar-refractivity contribution is -0.117. The summed E-state index contributed by atoms with van der Waals surface area (Å²) in [6.07, 6.45) is 0. The highest BCUT2D eigenvalue weighted by Gasteiger charge is 2.22. The van der Waals surface area contributed by atoms with E-state index in [1.165, 1.54) is 11.8 Å². The van der Waals surface area contributed by atoms with Crippen LogP contribution in [0.5, 0.6) is 0 Å². The number of nitrogens with zero attached hydrogens (tertiary/aromatic N) is 4. The largest absolute Gasteiger partial charge is 0.315 e. The zero-order valence-electron chi connectivity index (χ0n) is 12.1. The Balaban J connectivity index is 2.07. The highest BCUT2D eigenvalue weighted by molar-refractivity contribution is 8.00. The molecule has 2 rings (SSSR count). The van der Waals surface area contributed by atoms with Gasteiger partial charge in [0.1, 0.15) is 5.82 Å². The maximum Gasteiger partial charge on any atom is 0.240 e. The van der Waals surface area contributed by atoms with Crippen molar-refractivity contribution in [1.29, 1.82) is 0 Å². The van der Waals surface area contributed by atoms with Crippen LogP contribution in [0.4, 0.5) is 5.69 Å². The van der Waals surface area contributed by atoms with Crippen molar-refractivity contribution in [2.24, 2.45) is 7.05 Å². The molecule has 0 fully saturated rings. The predicted molar refractivity (Wildman–Crippen MR) is 80.9 cm³/mol. The first kappa shape index (κ1) is 14.6. The zero-order chi connectivity index (χ0) is 14.7. The van der Waals surface area contributed by atoms with Crippen LogP contribution in [0.2, 0.25) is 0 Å². The van der Waals surface area contributed by atoms with Crippen LogP contribution in [0, 0.1) is 6.92 Å². The van der Waals surface area contributed by atoms with E-state index in [0.29, 0.717) is 0 Å². The molecule has 0 saturated heterocycles. The lowest BCUT2D eigenvalue weighted by Gasteiger charge is -2.20. The minimum atomic E-state index is -0.220. The molecule has 106 valence electrons. The lowest BCUT2D eigenvalue weighted by atomic mass is 10.3. The van der Waals surface area contributed by atoms with E-state index in [2.05, 4.69) is 10.2 Å². The van der Waals surface area contributed by atoms with E-state index in [4.69, 9.17) is 0 Å². The maximum absolute atomic E-state index is 12.4. The fraction of sp³-hybridized carbons (Fsp3) is 0.357. The van der Waals surface area contributed by atoms with E-state index < -0.39 is 0 Å². The molecule has 0 aliphatic heterocycles. The van der Waals surface area contributed by atoms with Crippen molar-refractivity contribution in [3.63, 3.8) is 0 Å². The Morgan fingerprint density at radius 3 is 2.50 bits per heavy atom. The SMILES string of the molecule is Cc1nnc(S[C@@H](C)C(=O)N(C)c2ccccc2)n1C. The standard InChI is InChI=1S/C14H18N4OS/c1-10(20-14-16-15-11(2)17(14)3)13(19)18(4)12-8-6-5-7-9-12/h5-10H,1-4H3/t10-/m0/s1. The van der Waals surface area contributed by atoms with Gasteiger partial charge in [0.05, 0.1) is 5.25 Å². The number of hydrogen-bond donors (Lipinski definition) is 0. The Morgan fingerprint density at radius 1 is 1.30 bits per heavy atom. The second-order valence-corrected chi connectivity index (χ2v) is 5.89. The zero-order valence-corrected chi connectivity index (χ0v) is 12.9. The number of benzene rings is 1. The summed E-state index contributed by atoms with van der Waals surface area (Å²) in [5.74, 6) is 0.880. The molecule has 20 heavy (non-hydrogen) atoms. The molecule has 0 N–H and O–H groups in total. The topological polar surface area (TPSA) is 51.0 Å². The number of aromatic nitrogens is 3. The molecular formula is C14H18N4OS. The summed E-state index contributed by atoms with van der Waals surface area (Å²) >= 11 is 1.42.